The lowest BCUT2D eigenvalue weighted by molar-refractivity contribution is 1.11. The van der Waals surface area contributed by atoms with E-state index in [0.29, 0.717) is 0 Å². The highest BCUT2D eigenvalue weighted by Crippen LogP contribution is 2.29. The van der Waals surface area contributed by atoms with Crippen molar-refractivity contribution < 1.29 is 0 Å². The van der Waals surface area contributed by atoms with Gasteiger partial charge in [-0.2, -0.15) is 0 Å². The second-order valence-corrected chi connectivity index (χ2v) is 5.23. The van der Waals surface area contributed by atoms with E-state index in [1.165, 1.54) is 11.3 Å². The highest BCUT2D eigenvalue weighted by molar-refractivity contribution is 6.31. The Morgan fingerprint density at radius 2 is 2.05 bits per heavy atom. The standard InChI is InChI=1S/C15H12ClN3/c16-11-3-4-12-14(8-11)19-15(18-12)10-2-1-9-5-6-17-13(9)7-10/h1-4,7-8,17H,5-6H2,(H,18,19). The van der Waals surface area contributed by atoms with E-state index in [9.17, 15) is 0 Å². The first kappa shape index (κ1) is 10.9. The van der Waals surface area contributed by atoms with Gasteiger partial charge in [0.1, 0.15) is 5.82 Å². The molecule has 1 aliphatic heterocycles. The molecule has 1 aliphatic rings. The first-order valence-corrected chi connectivity index (χ1v) is 6.70. The van der Waals surface area contributed by atoms with Crippen molar-refractivity contribution in [3.8, 4) is 11.4 Å². The van der Waals surface area contributed by atoms with Crippen molar-refractivity contribution in [1.82, 2.24) is 9.97 Å². The second-order valence-electron chi connectivity index (χ2n) is 4.80. The van der Waals surface area contributed by atoms with Gasteiger partial charge in [-0.3, -0.25) is 0 Å². The van der Waals surface area contributed by atoms with Crippen molar-refractivity contribution in [2.75, 3.05) is 11.9 Å². The summed E-state index contributed by atoms with van der Waals surface area (Å²) in [7, 11) is 0. The summed E-state index contributed by atoms with van der Waals surface area (Å²) in [5.41, 5.74) is 5.60. The molecule has 0 bridgehead atoms. The molecular weight excluding hydrogens is 258 g/mol. The van der Waals surface area contributed by atoms with Crippen LogP contribution in [0.4, 0.5) is 5.69 Å². The number of anilines is 1. The number of nitrogens with zero attached hydrogens (tertiary/aromatic N) is 1. The Labute approximate surface area is 115 Å². The van der Waals surface area contributed by atoms with E-state index in [-0.39, 0.29) is 0 Å². The third kappa shape index (κ3) is 1.78. The maximum atomic E-state index is 5.99. The van der Waals surface area contributed by atoms with E-state index < -0.39 is 0 Å². The minimum atomic E-state index is 0.721. The first-order valence-electron chi connectivity index (χ1n) is 6.32. The summed E-state index contributed by atoms with van der Waals surface area (Å²) in [5.74, 6) is 0.883. The van der Waals surface area contributed by atoms with Crippen LogP contribution >= 0.6 is 11.6 Å². The van der Waals surface area contributed by atoms with Crippen LogP contribution in [0.3, 0.4) is 0 Å². The molecule has 2 aromatic carbocycles. The van der Waals surface area contributed by atoms with Crippen molar-refractivity contribution in [2.24, 2.45) is 0 Å². The third-order valence-electron chi connectivity index (χ3n) is 3.54. The summed E-state index contributed by atoms with van der Waals surface area (Å²) in [5, 5.41) is 4.11. The van der Waals surface area contributed by atoms with Crippen LogP contribution in [0.1, 0.15) is 5.56 Å². The van der Waals surface area contributed by atoms with Crippen molar-refractivity contribution in [1.29, 1.82) is 0 Å². The number of benzene rings is 2. The molecule has 0 saturated heterocycles. The second kappa shape index (κ2) is 4.00. The van der Waals surface area contributed by atoms with Crippen molar-refractivity contribution in [2.45, 2.75) is 6.42 Å². The molecule has 0 saturated carbocycles. The summed E-state index contributed by atoms with van der Waals surface area (Å²) in [6.45, 7) is 1.02. The summed E-state index contributed by atoms with van der Waals surface area (Å²) < 4.78 is 0. The Bertz CT molecular complexity index is 776. The molecule has 3 nitrogen and oxygen atoms in total. The minimum absolute atomic E-state index is 0.721. The summed E-state index contributed by atoms with van der Waals surface area (Å²) in [6, 6.07) is 12.1. The van der Waals surface area contributed by atoms with Gasteiger partial charge in [-0.15, -0.1) is 0 Å². The molecule has 19 heavy (non-hydrogen) atoms. The fourth-order valence-corrected chi connectivity index (χ4v) is 2.73. The number of imidazole rings is 1. The lowest BCUT2D eigenvalue weighted by Gasteiger charge is -2.02. The Kier molecular flexibility index (Phi) is 2.29. The lowest BCUT2D eigenvalue weighted by atomic mass is 10.1. The lowest BCUT2D eigenvalue weighted by Crippen LogP contribution is -1.91. The molecule has 94 valence electrons. The highest BCUT2D eigenvalue weighted by atomic mass is 35.5. The van der Waals surface area contributed by atoms with Gasteiger partial charge in [-0.1, -0.05) is 23.7 Å². The van der Waals surface area contributed by atoms with E-state index in [1.807, 2.05) is 18.2 Å². The predicted molar refractivity (Wildman–Crippen MR) is 78.7 cm³/mol. The Hall–Kier alpha value is -2.00. The summed E-state index contributed by atoms with van der Waals surface area (Å²) in [4.78, 5) is 7.93. The number of hydrogen-bond acceptors (Lipinski definition) is 2. The fraction of sp³-hybridized carbons (Fsp3) is 0.133. The van der Waals surface area contributed by atoms with Gasteiger partial charge >= 0.3 is 0 Å². The van der Waals surface area contributed by atoms with Gasteiger partial charge in [0.15, 0.2) is 0 Å². The molecule has 0 radical (unpaired) electrons. The molecule has 0 unspecified atom stereocenters. The van der Waals surface area contributed by atoms with E-state index >= 15 is 0 Å². The molecule has 0 atom stereocenters. The Morgan fingerprint density at radius 3 is 3.00 bits per heavy atom. The molecule has 0 fully saturated rings. The van der Waals surface area contributed by atoms with Gasteiger partial charge in [0.05, 0.1) is 11.0 Å². The Morgan fingerprint density at radius 1 is 1.11 bits per heavy atom. The maximum Gasteiger partial charge on any atom is 0.138 e. The minimum Gasteiger partial charge on any atom is -0.384 e. The summed E-state index contributed by atoms with van der Waals surface area (Å²) >= 11 is 5.99. The molecule has 0 spiro atoms. The number of rotatable bonds is 1. The maximum absolute atomic E-state index is 5.99. The Balaban J connectivity index is 1.85. The molecule has 1 aromatic heterocycles. The number of nitrogens with one attached hydrogen (secondary N) is 2. The summed E-state index contributed by atoms with van der Waals surface area (Å²) in [6.07, 6.45) is 1.10. The van der Waals surface area contributed by atoms with Crippen LogP contribution in [0.2, 0.25) is 5.02 Å². The zero-order valence-corrected chi connectivity index (χ0v) is 11.0. The quantitative estimate of drug-likeness (QED) is 0.704. The fourth-order valence-electron chi connectivity index (χ4n) is 2.56. The van der Waals surface area contributed by atoms with Gasteiger partial charge in [-0.05, 0) is 36.2 Å². The van der Waals surface area contributed by atoms with E-state index in [4.69, 9.17) is 11.6 Å². The largest absolute Gasteiger partial charge is 0.384 e. The number of aromatic nitrogens is 2. The van der Waals surface area contributed by atoms with E-state index in [2.05, 4.69) is 33.5 Å². The van der Waals surface area contributed by atoms with Crippen LogP contribution in [0.5, 0.6) is 0 Å². The topological polar surface area (TPSA) is 40.7 Å². The molecule has 2 heterocycles. The van der Waals surface area contributed by atoms with Crippen molar-refractivity contribution >= 4 is 28.3 Å². The molecular formula is C15H12ClN3. The van der Waals surface area contributed by atoms with Gasteiger partial charge in [0, 0.05) is 22.8 Å². The molecule has 4 rings (SSSR count). The zero-order valence-electron chi connectivity index (χ0n) is 10.2. The first-order chi connectivity index (χ1) is 9.29. The molecule has 2 N–H and O–H groups in total. The third-order valence-corrected chi connectivity index (χ3v) is 3.77. The predicted octanol–water partition coefficient (Wildman–Crippen LogP) is 3.85. The molecule has 0 amide bonds. The normalized spacial score (nSPS) is 13.5. The average molecular weight is 270 g/mol. The van der Waals surface area contributed by atoms with E-state index in [1.54, 1.807) is 0 Å². The van der Waals surface area contributed by atoms with Gasteiger partial charge in [-0.25, -0.2) is 4.98 Å². The molecule has 3 aromatic rings. The van der Waals surface area contributed by atoms with Crippen LogP contribution in [0.25, 0.3) is 22.4 Å². The number of hydrogen-bond donors (Lipinski definition) is 2. The van der Waals surface area contributed by atoms with E-state index in [0.717, 1.165) is 40.4 Å². The van der Waals surface area contributed by atoms with Gasteiger partial charge in [0.2, 0.25) is 0 Å². The van der Waals surface area contributed by atoms with Crippen LogP contribution in [0.15, 0.2) is 36.4 Å². The van der Waals surface area contributed by atoms with Gasteiger partial charge in [0.25, 0.3) is 0 Å². The number of H-pyrrole nitrogens is 1. The number of fused-ring (bicyclic) bond motifs is 2. The number of halogens is 1. The SMILES string of the molecule is Clc1ccc2nc(-c3ccc4c(c3)NCC4)[nH]c2c1. The number of aromatic amines is 1. The zero-order chi connectivity index (χ0) is 12.8. The van der Waals surface area contributed by atoms with Crippen molar-refractivity contribution in [3.63, 3.8) is 0 Å². The highest BCUT2D eigenvalue weighted by Gasteiger charge is 2.12. The van der Waals surface area contributed by atoms with Crippen LogP contribution in [-0.2, 0) is 6.42 Å². The molecule has 0 aliphatic carbocycles. The van der Waals surface area contributed by atoms with Gasteiger partial charge < -0.3 is 10.3 Å². The van der Waals surface area contributed by atoms with Crippen LogP contribution < -0.4 is 5.32 Å². The van der Waals surface area contributed by atoms with Crippen LogP contribution in [-0.4, -0.2) is 16.5 Å². The average Bonchev–Trinajstić information content (AvgIpc) is 3.02. The molecule has 4 heteroatoms. The smallest absolute Gasteiger partial charge is 0.138 e. The van der Waals surface area contributed by atoms with Crippen molar-refractivity contribution in [3.05, 3.63) is 47.0 Å². The monoisotopic (exact) mass is 269 g/mol. The van der Waals surface area contributed by atoms with Crippen LogP contribution in [0, 0.1) is 0 Å².